The van der Waals surface area contributed by atoms with Gasteiger partial charge in [0.2, 0.25) is 5.91 Å². The molecule has 1 aliphatic rings. The van der Waals surface area contributed by atoms with Crippen LogP contribution in [0.5, 0.6) is 0 Å². The second-order valence-electron chi connectivity index (χ2n) is 5.65. The zero-order chi connectivity index (χ0) is 17.6. The molecule has 1 aliphatic heterocycles. The molecule has 0 fully saturated rings. The summed E-state index contributed by atoms with van der Waals surface area (Å²) in [7, 11) is -3.24. The molecule has 0 bridgehead atoms. The van der Waals surface area contributed by atoms with Crippen LogP contribution in [0.25, 0.3) is 0 Å². The number of carbonyl (C=O) groups excluding carboxylic acids is 1. The van der Waals surface area contributed by atoms with Crippen molar-refractivity contribution in [3.05, 3.63) is 41.8 Å². The molecule has 2 rings (SSSR count). The molecule has 1 amide bonds. The van der Waals surface area contributed by atoms with Crippen molar-refractivity contribution >= 4 is 21.4 Å². The Labute approximate surface area is 143 Å². The first-order valence-corrected chi connectivity index (χ1v) is 9.62. The average Bonchev–Trinajstić information content (AvgIpc) is 2.92. The summed E-state index contributed by atoms with van der Waals surface area (Å²) >= 11 is 0. The van der Waals surface area contributed by atoms with Gasteiger partial charge in [0.25, 0.3) is 0 Å². The van der Waals surface area contributed by atoms with Gasteiger partial charge in [0.1, 0.15) is 0 Å². The summed E-state index contributed by atoms with van der Waals surface area (Å²) in [5, 5.41) is 1.19. The summed E-state index contributed by atoms with van der Waals surface area (Å²) < 4.78 is 23.5. The molecule has 0 radical (unpaired) electrons. The number of sulfone groups is 1. The van der Waals surface area contributed by atoms with E-state index in [9.17, 15) is 13.2 Å². The fourth-order valence-electron chi connectivity index (χ4n) is 2.68. The van der Waals surface area contributed by atoms with Gasteiger partial charge >= 0.3 is 0 Å². The minimum atomic E-state index is -3.24. The van der Waals surface area contributed by atoms with Crippen LogP contribution in [0.3, 0.4) is 0 Å². The fourth-order valence-corrected chi connectivity index (χ4v) is 3.95. The summed E-state index contributed by atoms with van der Waals surface area (Å²) in [4.78, 5) is 16.4. The van der Waals surface area contributed by atoms with Gasteiger partial charge in [-0.1, -0.05) is 31.0 Å². The maximum atomic E-state index is 12.8. The molecule has 1 atom stereocenters. The van der Waals surface area contributed by atoms with Gasteiger partial charge in [-0.2, -0.15) is 0 Å². The van der Waals surface area contributed by atoms with E-state index < -0.39 is 15.9 Å². The van der Waals surface area contributed by atoms with Crippen molar-refractivity contribution in [2.75, 3.05) is 30.3 Å². The number of anilines is 1. The molecule has 0 spiro atoms. The van der Waals surface area contributed by atoms with Gasteiger partial charge in [-0.05, 0) is 24.8 Å². The van der Waals surface area contributed by atoms with Crippen LogP contribution in [0.2, 0.25) is 0 Å². The van der Waals surface area contributed by atoms with E-state index in [1.54, 1.807) is 11.0 Å². The topological polar surface area (TPSA) is 57.7 Å². The summed E-state index contributed by atoms with van der Waals surface area (Å²) in [6.45, 7) is 3.79. The Bertz CT molecular complexity index is 735. The van der Waals surface area contributed by atoms with Crippen LogP contribution in [0.4, 0.5) is 5.69 Å². The number of hydrogen-bond acceptors (Lipinski definition) is 4. The number of hydrogen-bond donors (Lipinski definition) is 0. The van der Waals surface area contributed by atoms with Gasteiger partial charge < -0.3 is 4.90 Å². The smallest absolute Gasteiger partial charge is 0.228 e. The second kappa shape index (κ2) is 8.13. The lowest BCUT2D eigenvalue weighted by atomic mass is 10.2. The summed E-state index contributed by atoms with van der Waals surface area (Å²) in [5.41, 5.74) is 0.703. The van der Waals surface area contributed by atoms with Crippen molar-refractivity contribution in [3.63, 3.8) is 0 Å². The summed E-state index contributed by atoms with van der Waals surface area (Å²) in [6, 6.07) is 8.69. The first-order valence-electron chi connectivity index (χ1n) is 7.90. The maximum Gasteiger partial charge on any atom is 0.228 e. The minimum Gasteiger partial charge on any atom is -0.304 e. The fraction of sp³-hybridized carbons (Fsp3) is 0.389. The Kier molecular flexibility index (Phi) is 6.18. The van der Waals surface area contributed by atoms with Gasteiger partial charge in [-0.3, -0.25) is 9.69 Å². The lowest BCUT2D eigenvalue weighted by molar-refractivity contribution is -0.119. The van der Waals surface area contributed by atoms with Gasteiger partial charge in [0, 0.05) is 24.1 Å². The van der Waals surface area contributed by atoms with E-state index in [4.69, 9.17) is 6.42 Å². The molecule has 24 heavy (non-hydrogen) atoms. The monoisotopic (exact) mass is 346 g/mol. The summed E-state index contributed by atoms with van der Waals surface area (Å²) in [5.74, 6) is 2.40. The van der Waals surface area contributed by atoms with Crippen LogP contribution >= 0.6 is 0 Å². The number of benzene rings is 1. The highest BCUT2D eigenvalue weighted by molar-refractivity contribution is 7.94. The SMILES string of the molecule is C#CCN(CC)CCC(=O)N(c1ccccc1)C1C=CS(=O)(=O)C1. The first-order chi connectivity index (χ1) is 11.5. The van der Waals surface area contributed by atoms with Crippen molar-refractivity contribution in [1.29, 1.82) is 0 Å². The normalized spacial score (nSPS) is 18.5. The molecule has 128 valence electrons. The van der Waals surface area contributed by atoms with Crippen LogP contribution in [-0.2, 0) is 14.6 Å². The van der Waals surface area contributed by atoms with E-state index in [1.807, 2.05) is 42.2 Å². The largest absolute Gasteiger partial charge is 0.304 e. The Morgan fingerprint density at radius 1 is 1.33 bits per heavy atom. The third kappa shape index (κ3) is 4.70. The van der Waals surface area contributed by atoms with Gasteiger partial charge in [-0.15, -0.1) is 6.42 Å². The Morgan fingerprint density at radius 3 is 2.58 bits per heavy atom. The van der Waals surface area contributed by atoms with E-state index in [0.29, 0.717) is 18.8 Å². The van der Waals surface area contributed by atoms with Crippen molar-refractivity contribution < 1.29 is 13.2 Å². The lowest BCUT2D eigenvalue weighted by Crippen LogP contribution is -2.42. The third-order valence-electron chi connectivity index (χ3n) is 3.95. The molecule has 0 saturated carbocycles. The van der Waals surface area contributed by atoms with E-state index in [2.05, 4.69) is 5.92 Å². The highest BCUT2D eigenvalue weighted by atomic mass is 32.2. The molecule has 0 aliphatic carbocycles. The number of para-hydroxylation sites is 1. The number of carbonyl (C=O) groups is 1. The zero-order valence-electron chi connectivity index (χ0n) is 13.8. The standard InChI is InChI=1S/C18H22N2O3S/c1-3-12-19(4-2)13-10-18(21)20(16-8-6-5-7-9-16)17-11-14-24(22,23)15-17/h1,5-9,11,14,17H,4,10,12-13,15H2,2H3. The number of amides is 1. The summed E-state index contributed by atoms with van der Waals surface area (Å²) in [6.07, 6.45) is 7.20. The molecule has 0 N–H and O–H groups in total. The van der Waals surface area contributed by atoms with E-state index >= 15 is 0 Å². The maximum absolute atomic E-state index is 12.8. The molecule has 5 nitrogen and oxygen atoms in total. The van der Waals surface area contributed by atoms with Crippen LogP contribution < -0.4 is 4.90 Å². The van der Waals surface area contributed by atoms with Crippen LogP contribution in [-0.4, -0.2) is 50.7 Å². The van der Waals surface area contributed by atoms with Crippen LogP contribution in [0.1, 0.15) is 13.3 Å². The minimum absolute atomic E-state index is 0.0739. The molecule has 1 unspecified atom stereocenters. The molecule has 1 aromatic rings. The van der Waals surface area contributed by atoms with E-state index in [0.717, 1.165) is 6.54 Å². The van der Waals surface area contributed by atoms with Crippen LogP contribution in [0, 0.1) is 12.3 Å². The second-order valence-corrected chi connectivity index (χ2v) is 7.58. The quantitative estimate of drug-likeness (QED) is 0.705. The number of nitrogens with zero attached hydrogens (tertiary/aromatic N) is 2. The van der Waals surface area contributed by atoms with E-state index in [-0.39, 0.29) is 18.1 Å². The predicted molar refractivity (Wildman–Crippen MR) is 96.2 cm³/mol. The lowest BCUT2D eigenvalue weighted by Gasteiger charge is -2.28. The Balaban J connectivity index is 2.16. The van der Waals surface area contributed by atoms with Crippen molar-refractivity contribution in [2.24, 2.45) is 0 Å². The molecule has 0 saturated heterocycles. The Hall–Kier alpha value is -2.10. The highest BCUT2D eigenvalue weighted by Crippen LogP contribution is 2.23. The highest BCUT2D eigenvalue weighted by Gasteiger charge is 2.31. The molecule has 6 heteroatoms. The Morgan fingerprint density at radius 2 is 2.04 bits per heavy atom. The zero-order valence-corrected chi connectivity index (χ0v) is 14.6. The predicted octanol–water partition coefficient (Wildman–Crippen LogP) is 1.68. The van der Waals surface area contributed by atoms with Gasteiger partial charge in [0.15, 0.2) is 9.84 Å². The first kappa shape index (κ1) is 18.2. The van der Waals surface area contributed by atoms with Crippen molar-refractivity contribution in [1.82, 2.24) is 4.90 Å². The third-order valence-corrected chi connectivity index (χ3v) is 5.33. The average molecular weight is 346 g/mol. The molecular formula is C18H22N2O3S. The van der Waals surface area contributed by atoms with Gasteiger partial charge in [0.05, 0.1) is 18.3 Å². The molecular weight excluding hydrogens is 324 g/mol. The number of rotatable bonds is 7. The van der Waals surface area contributed by atoms with E-state index in [1.165, 1.54) is 5.41 Å². The van der Waals surface area contributed by atoms with Crippen molar-refractivity contribution in [3.8, 4) is 12.3 Å². The van der Waals surface area contributed by atoms with Crippen LogP contribution in [0.15, 0.2) is 41.8 Å². The molecule has 0 aromatic heterocycles. The number of terminal acetylenes is 1. The molecule has 1 aromatic carbocycles. The van der Waals surface area contributed by atoms with Crippen molar-refractivity contribution in [2.45, 2.75) is 19.4 Å². The van der Waals surface area contributed by atoms with Gasteiger partial charge in [-0.25, -0.2) is 8.42 Å². The molecule has 1 heterocycles.